The van der Waals surface area contributed by atoms with Gasteiger partial charge < -0.3 is 34.6 Å². The first kappa shape index (κ1) is 15.8. The summed E-state index contributed by atoms with van der Waals surface area (Å²) >= 11 is 0. The number of carboxylic acid groups (broad SMARTS) is 1. The van der Waals surface area contributed by atoms with E-state index < -0.39 is 48.9 Å². The van der Waals surface area contributed by atoms with Crippen molar-refractivity contribution in [2.45, 2.75) is 50.8 Å². The molecule has 110 valence electrons. The fourth-order valence-electron chi connectivity index (χ4n) is 1.61. The standard InChI is InChI=1S/C10H16O9/c1-3(11)17-4(2)18-10-7(14)5(12)6(13)8(19-10)9(15)16/h4-8,10,12-14H,1-2H3,(H,15,16). The SMILES string of the molecule is CC(=O)OC(C)OC1OC(C(=O)O)C(O)C(O)C1O. The molecule has 0 aromatic heterocycles. The maximum absolute atomic E-state index is 10.8. The quantitative estimate of drug-likeness (QED) is 0.333. The summed E-state index contributed by atoms with van der Waals surface area (Å²) in [6.07, 6.45) is -9.65. The summed E-state index contributed by atoms with van der Waals surface area (Å²) in [6.45, 7) is 2.46. The van der Waals surface area contributed by atoms with Crippen molar-refractivity contribution >= 4 is 11.9 Å². The highest BCUT2D eigenvalue weighted by atomic mass is 16.8. The van der Waals surface area contributed by atoms with Gasteiger partial charge >= 0.3 is 11.9 Å². The van der Waals surface area contributed by atoms with E-state index in [1.807, 2.05) is 0 Å². The Morgan fingerprint density at radius 2 is 1.74 bits per heavy atom. The van der Waals surface area contributed by atoms with Gasteiger partial charge in [0.1, 0.15) is 18.3 Å². The highest BCUT2D eigenvalue weighted by Crippen LogP contribution is 2.23. The summed E-state index contributed by atoms with van der Waals surface area (Å²) in [5.74, 6) is -2.17. The Hall–Kier alpha value is -1.26. The lowest BCUT2D eigenvalue weighted by molar-refractivity contribution is -0.323. The van der Waals surface area contributed by atoms with Gasteiger partial charge in [0.25, 0.3) is 0 Å². The van der Waals surface area contributed by atoms with E-state index in [0.29, 0.717) is 0 Å². The third kappa shape index (κ3) is 3.85. The molecule has 6 atom stereocenters. The van der Waals surface area contributed by atoms with Crippen LogP contribution in [0.1, 0.15) is 13.8 Å². The Labute approximate surface area is 108 Å². The van der Waals surface area contributed by atoms with E-state index >= 15 is 0 Å². The zero-order chi connectivity index (χ0) is 14.7. The first-order chi connectivity index (χ1) is 8.73. The molecule has 0 aromatic rings. The fourth-order valence-corrected chi connectivity index (χ4v) is 1.61. The Kier molecular flexibility index (Phi) is 5.20. The number of carbonyl (C=O) groups is 2. The van der Waals surface area contributed by atoms with E-state index in [-0.39, 0.29) is 0 Å². The van der Waals surface area contributed by atoms with Crippen LogP contribution in [0.5, 0.6) is 0 Å². The molecule has 1 aliphatic rings. The van der Waals surface area contributed by atoms with E-state index in [9.17, 15) is 24.9 Å². The van der Waals surface area contributed by atoms with Crippen LogP contribution in [0.15, 0.2) is 0 Å². The summed E-state index contributed by atoms with van der Waals surface area (Å²) in [5, 5.41) is 37.3. The third-order valence-corrected chi connectivity index (χ3v) is 2.47. The molecule has 0 aliphatic carbocycles. The number of esters is 1. The molecule has 0 amide bonds. The summed E-state index contributed by atoms with van der Waals surface area (Å²) in [4.78, 5) is 21.5. The van der Waals surface area contributed by atoms with Crippen molar-refractivity contribution in [3.63, 3.8) is 0 Å². The van der Waals surface area contributed by atoms with Crippen LogP contribution >= 0.6 is 0 Å². The normalized spacial score (nSPS) is 36.6. The summed E-state index contributed by atoms with van der Waals surface area (Å²) < 4.78 is 14.4. The smallest absolute Gasteiger partial charge is 0.335 e. The van der Waals surface area contributed by atoms with Gasteiger partial charge in [-0.3, -0.25) is 4.79 Å². The number of carbonyl (C=O) groups excluding carboxylic acids is 1. The Balaban J connectivity index is 2.71. The minimum Gasteiger partial charge on any atom is -0.479 e. The van der Waals surface area contributed by atoms with Crippen molar-refractivity contribution in [1.82, 2.24) is 0 Å². The van der Waals surface area contributed by atoms with Crippen LogP contribution in [0.2, 0.25) is 0 Å². The van der Waals surface area contributed by atoms with Gasteiger partial charge in [-0.25, -0.2) is 4.79 Å². The molecule has 0 radical (unpaired) electrons. The molecular weight excluding hydrogens is 264 g/mol. The number of aliphatic hydroxyl groups is 3. The number of rotatable bonds is 4. The lowest BCUT2D eigenvalue weighted by atomic mass is 9.99. The van der Waals surface area contributed by atoms with E-state index in [2.05, 4.69) is 4.74 Å². The first-order valence-corrected chi connectivity index (χ1v) is 5.49. The second-order valence-corrected chi connectivity index (χ2v) is 4.05. The van der Waals surface area contributed by atoms with Crippen LogP contribution in [-0.4, -0.2) is 69.4 Å². The lowest BCUT2D eigenvalue weighted by Gasteiger charge is -2.39. The molecule has 9 heteroatoms. The second kappa shape index (κ2) is 6.26. The monoisotopic (exact) mass is 280 g/mol. The van der Waals surface area contributed by atoms with Gasteiger partial charge in [-0.1, -0.05) is 0 Å². The third-order valence-electron chi connectivity index (χ3n) is 2.47. The minimum absolute atomic E-state index is 0.645. The van der Waals surface area contributed by atoms with E-state index in [1.165, 1.54) is 6.92 Å². The van der Waals surface area contributed by atoms with Crippen molar-refractivity contribution in [2.75, 3.05) is 0 Å². The largest absolute Gasteiger partial charge is 0.479 e. The number of aliphatic carboxylic acids is 1. The summed E-state index contributed by atoms with van der Waals surface area (Å²) in [5.41, 5.74) is 0. The molecule has 1 heterocycles. The minimum atomic E-state index is -1.80. The number of hydrogen-bond donors (Lipinski definition) is 4. The Morgan fingerprint density at radius 3 is 2.21 bits per heavy atom. The molecule has 0 bridgehead atoms. The van der Waals surface area contributed by atoms with Crippen molar-refractivity contribution < 1.29 is 44.2 Å². The molecule has 19 heavy (non-hydrogen) atoms. The van der Waals surface area contributed by atoms with Crippen molar-refractivity contribution in [2.24, 2.45) is 0 Å². The van der Waals surface area contributed by atoms with Crippen LogP contribution in [0, 0.1) is 0 Å². The molecule has 0 aromatic carbocycles. The second-order valence-electron chi connectivity index (χ2n) is 4.05. The van der Waals surface area contributed by atoms with Crippen molar-refractivity contribution in [3.05, 3.63) is 0 Å². The van der Waals surface area contributed by atoms with Gasteiger partial charge in [0.05, 0.1) is 0 Å². The average molecular weight is 280 g/mol. The molecular formula is C10H16O9. The van der Waals surface area contributed by atoms with Gasteiger partial charge in [-0.05, 0) is 6.92 Å². The molecule has 6 unspecified atom stereocenters. The summed E-state index contributed by atoms with van der Waals surface area (Å²) in [6, 6.07) is 0. The zero-order valence-corrected chi connectivity index (χ0v) is 10.3. The molecule has 1 rings (SSSR count). The average Bonchev–Trinajstić information content (AvgIpc) is 2.28. The summed E-state index contributed by atoms with van der Waals surface area (Å²) in [7, 11) is 0. The van der Waals surface area contributed by atoms with E-state index in [4.69, 9.17) is 14.6 Å². The molecule has 0 spiro atoms. The van der Waals surface area contributed by atoms with E-state index in [0.717, 1.165) is 6.92 Å². The van der Waals surface area contributed by atoms with Gasteiger partial charge in [-0.2, -0.15) is 0 Å². The van der Waals surface area contributed by atoms with Gasteiger partial charge in [0, 0.05) is 6.92 Å². The topological polar surface area (TPSA) is 143 Å². The Bertz CT molecular complexity index is 344. The number of carboxylic acids is 1. The lowest BCUT2D eigenvalue weighted by Crippen LogP contribution is -2.60. The Morgan fingerprint density at radius 1 is 1.16 bits per heavy atom. The number of hydrogen-bond acceptors (Lipinski definition) is 8. The van der Waals surface area contributed by atoms with Crippen LogP contribution in [-0.2, 0) is 23.8 Å². The zero-order valence-electron chi connectivity index (χ0n) is 10.3. The van der Waals surface area contributed by atoms with Gasteiger partial charge in [0.15, 0.2) is 12.4 Å². The molecule has 0 saturated carbocycles. The van der Waals surface area contributed by atoms with Crippen molar-refractivity contribution in [3.8, 4) is 0 Å². The van der Waals surface area contributed by atoms with Gasteiger partial charge in [-0.15, -0.1) is 0 Å². The maximum atomic E-state index is 10.8. The highest BCUT2D eigenvalue weighted by molar-refractivity contribution is 5.73. The highest BCUT2D eigenvalue weighted by Gasteiger charge is 2.48. The van der Waals surface area contributed by atoms with Crippen LogP contribution in [0.3, 0.4) is 0 Å². The molecule has 1 aliphatic heterocycles. The predicted octanol–water partition coefficient (Wildman–Crippen LogP) is -2.20. The van der Waals surface area contributed by atoms with Crippen LogP contribution in [0.4, 0.5) is 0 Å². The number of aliphatic hydroxyl groups excluding tert-OH is 3. The van der Waals surface area contributed by atoms with Crippen LogP contribution < -0.4 is 0 Å². The van der Waals surface area contributed by atoms with Crippen LogP contribution in [0.25, 0.3) is 0 Å². The number of ether oxygens (including phenoxy) is 3. The molecule has 1 saturated heterocycles. The predicted molar refractivity (Wildman–Crippen MR) is 56.6 cm³/mol. The van der Waals surface area contributed by atoms with Gasteiger partial charge in [0.2, 0.25) is 6.29 Å². The maximum Gasteiger partial charge on any atom is 0.335 e. The first-order valence-electron chi connectivity index (χ1n) is 5.49. The van der Waals surface area contributed by atoms with Crippen molar-refractivity contribution in [1.29, 1.82) is 0 Å². The fraction of sp³-hybridized carbons (Fsp3) is 0.800. The molecule has 4 N–H and O–H groups in total. The van der Waals surface area contributed by atoms with E-state index in [1.54, 1.807) is 0 Å². The molecule has 1 fully saturated rings. The molecule has 9 nitrogen and oxygen atoms in total.